The van der Waals surface area contributed by atoms with Crippen molar-refractivity contribution in [2.75, 3.05) is 44.2 Å². The van der Waals surface area contributed by atoms with Gasteiger partial charge in [-0.15, -0.1) is 0 Å². The molecule has 1 aromatic rings. The molecule has 0 radical (unpaired) electrons. The van der Waals surface area contributed by atoms with Gasteiger partial charge < -0.3 is 14.7 Å². The van der Waals surface area contributed by atoms with Crippen molar-refractivity contribution in [2.45, 2.75) is 26.4 Å². The third-order valence-electron chi connectivity index (χ3n) is 3.53. The first-order valence-electron chi connectivity index (χ1n) is 7.34. The maximum absolute atomic E-state index is 9.32. The lowest BCUT2D eigenvalue weighted by Crippen LogP contribution is -2.47. The summed E-state index contributed by atoms with van der Waals surface area (Å²) >= 11 is 0. The van der Waals surface area contributed by atoms with Crippen LogP contribution in [0, 0.1) is 0 Å². The Morgan fingerprint density at radius 1 is 1.05 bits per heavy atom. The normalized spacial score (nSPS) is 17.4. The molecular weight excluding hydrogens is 252 g/mol. The minimum atomic E-state index is -0.0478. The van der Waals surface area contributed by atoms with Gasteiger partial charge in [-0.05, 0) is 45.0 Å². The smallest absolute Gasteiger partial charge is 0.115 e. The molecule has 0 aromatic heterocycles. The fourth-order valence-electron chi connectivity index (χ4n) is 2.37. The molecule has 0 spiro atoms. The molecular formula is C16H26N2O2. The quantitative estimate of drug-likeness (QED) is 0.917. The lowest BCUT2D eigenvalue weighted by molar-refractivity contribution is -0.0135. The zero-order chi connectivity index (χ0) is 14.6. The summed E-state index contributed by atoms with van der Waals surface area (Å²) in [6, 6.07) is 7.46. The minimum Gasteiger partial charge on any atom is -0.508 e. The molecule has 0 saturated carbocycles. The van der Waals surface area contributed by atoms with Gasteiger partial charge in [0, 0.05) is 38.4 Å². The van der Waals surface area contributed by atoms with Crippen LogP contribution in [-0.4, -0.2) is 54.9 Å². The summed E-state index contributed by atoms with van der Waals surface area (Å²) in [5.41, 5.74) is 1.14. The molecule has 1 aliphatic rings. The number of piperazine rings is 1. The van der Waals surface area contributed by atoms with Gasteiger partial charge in [0.1, 0.15) is 5.75 Å². The topological polar surface area (TPSA) is 35.9 Å². The van der Waals surface area contributed by atoms with Crippen molar-refractivity contribution in [1.29, 1.82) is 0 Å². The molecule has 1 saturated heterocycles. The number of benzene rings is 1. The second-order valence-electron chi connectivity index (χ2n) is 6.31. The predicted octanol–water partition coefficient (Wildman–Crippen LogP) is 2.33. The van der Waals surface area contributed by atoms with Gasteiger partial charge in [0.2, 0.25) is 0 Å². The van der Waals surface area contributed by atoms with Gasteiger partial charge in [-0.2, -0.15) is 0 Å². The third kappa shape index (κ3) is 4.69. The summed E-state index contributed by atoms with van der Waals surface area (Å²) in [5, 5.41) is 9.32. The highest BCUT2D eigenvalue weighted by Crippen LogP contribution is 2.19. The lowest BCUT2D eigenvalue weighted by atomic mass is 10.2. The van der Waals surface area contributed by atoms with Gasteiger partial charge in [0.25, 0.3) is 0 Å². The summed E-state index contributed by atoms with van der Waals surface area (Å²) in [7, 11) is 0. The van der Waals surface area contributed by atoms with Crippen LogP contribution in [0.15, 0.2) is 24.3 Å². The van der Waals surface area contributed by atoms with Crippen LogP contribution in [0.5, 0.6) is 5.75 Å². The lowest BCUT2D eigenvalue weighted by Gasteiger charge is -2.36. The molecule has 2 rings (SSSR count). The Morgan fingerprint density at radius 3 is 2.20 bits per heavy atom. The second kappa shape index (κ2) is 6.46. The monoisotopic (exact) mass is 278 g/mol. The molecule has 4 nitrogen and oxygen atoms in total. The van der Waals surface area contributed by atoms with E-state index in [2.05, 4.69) is 30.6 Å². The highest BCUT2D eigenvalue weighted by Gasteiger charge is 2.18. The largest absolute Gasteiger partial charge is 0.508 e. The van der Waals surface area contributed by atoms with E-state index in [9.17, 15) is 5.11 Å². The molecule has 0 amide bonds. The first-order valence-corrected chi connectivity index (χ1v) is 7.34. The standard InChI is InChI=1S/C16H26N2O2/c1-16(2,3)20-13-12-17-8-10-18(11-9-17)14-4-6-15(19)7-5-14/h4-7,19H,8-13H2,1-3H3. The molecule has 112 valence electrons. The summed E-state index contributed by atoms with van der Waals surface area (Å²) < 4.78 is 5.77. The molecule has 1 aromatic carbocycles. The van der Waals surface area contributed by atoms with Crippen molar-refractivity contribution in [3.63, 3.8) is 0 Å². The van der Waals surface area contributed by atoms with E-state index in [0.717, 1.165) is 39.3 Å². The van der Waals surface area contributed by atoms with Crippen molar-refractivity contribution < 1.29 is 9.84 Å². The van der Waals surface area contributed by atoms with Crippen molar-refractivity contribution in [3.05, 3.63) is 24.3 Å². The highest BCUT2D eigenvalue weighted by atomic mass is 16.5. The number of phenolic OH excluding ortho intramolecular Hbond substituents is 1. The molecule has 0 atom stereocenters. The first kappa shape index (κ1) is 15.1. The Hall–Kier alpha value is -1.26. The molecule has 1 aliphatic heterocycles. The molecule has 1 fully saturated rings. The van der Waals surface area contributed by atoms with Gasteiger partial charge in [-0.25, -0.2) is 0 Å². The van der Waals surface area contributed by atoms with Crippen LogP contribution in [-0.2, 0) is 4.74 Å². The predicted molar refractivity (Wildman–Crippen MR) is 82.5 cm³/mol. The summed E-state index contributed by atoms with van der Waals surface area (Å²) in [6.07, 6.45) is 0. The maximum Gasteiger partial charge on any atom is 0.115 e. The van der Waals surface area contributed by atoms with Crippen molar-refractivity contribution in [3.8, 4) is 5.75 Å². The number of rotatable bonds is 4. The number of hydrogen-bond donors (Lipinski definition) is 1. The summed E-state index contributed by atoms with van der Waals surface area (Å²) in [4.78, 5) is 4.81. The summed E-state index contributed by atoms with van der Waals surface area (Å²) in [5.74, 6) is 0.326. The SMILES string of the molecule is CC(C)(C)OCCN1CCN(c2ccc(O)cc2)CC1. The molecule has 20 heavy (non-hydrogen) atoms. The van der Waals surface area contributed by atoms with E-state index in [1.807, 2.05) is 12.1 Å². The van der Waals surface area contributed by atoms with E-state index in [-0.39, 0.29) is 5.60 Å². The van der Waals surface area contributed by atoms with Crippen LogP contribution in [0.1, 0.15) is 20.8 Å². The first-order chi connectivity index (χ1) is 9.44. The molecule has 0 unspecified atom stereocenters. The average molecular weight is 278 g/mol. The van der Waals surface area contributed by atoms with E-state index < -0.39 is 0 Å². The average Bonchev–Trinajstić information content (AvgIpc) is 2.39. The van der Waals surface area contributed by atoms with Crippen molar-refractivity contribution in [2.24, 2.45) is 0 Å². The highest BCUT2D eigenvalue weighted by molar-refractivity contribution is 5.49. The van der Waals surface area contributed by atoms with Gasteiger partial charge in [-0.1, -0.05) is 0 Å². The van der Waals surface area contributed by atoms with E-state index in [4.69, 9.17) is 4.74 Å². The fraction of sp³-hybridized carbons (Fsp3) is 0.625. The number of nitrogens with zero attached hydrogens (tertiary/aromatic N) is 2. The number of aromatic hydroxyl groups is 1. The van der Waals surface area contributed by atoms with Crippen LogP contribution in [0.4, 0.5) is 5.69 Å². The summed E-state index contributed by atoms with van der Waals surface area (Å²) in [6.45, 7) is 12.3. The number of ether oxygens (including phenoxy) is 1. The zero-order valence-corrected chi connectivity index (χ0v) is 12.8. The van der Waals surface area contributed by atoms with E-state index in [1.165, 1.54) is 5.69 Å². The molecule has 0 bridgehead atoms. The molecule has 1 heterocycles. The van der Waals surface area contributed by atoms with Crippen LogP contribution in [0.3, 0.4) is 0 Å². The van der Waals surface area contributed by atoms with Crippen LogP contribution in [0.2, 0.25) is 0 Å². The van der Waals surface area contributed by atoms with Crippen LogP contribution < -0.4 is 4.90 Å². The Kier molecular flexibility index (Phi) is 4.89. The molecule has 4 heteroatoms. The molecule has 0 aliphatic carbocycles. The van der Waals surface area contributed by atoms with Gasteiger partial charge >= 0.3 is 0 Å². The van der Waals surface area contributed by atoms with Gasteiger partial charge in [0.05, 0.1) is 12.2 Å². The Morgan fingerprint density at radius 2 is 1.65 bits per heavy atom. The molecule has 1 N–H and O–H groups in total. The van der Waals surface area contributed by atoms with E-state index >= 15 is 0 Å². The number of anilines is 1. The van der Waals surface area contributed by atoms with E-state index in [1.54, 1.807) is 12.1 Å². The third-order valence-corrected chi connectivity index (χ3v) is 3.53. The van der Waals surface area contributed by atoms with Gasteiger partial charge in [0.15, 0.2) is 0 Å². The number of hydrogen-bond acceptors (Lipinski definition) is 4. The van der Waals surface area contributed by atoms with E-state index in [0.29, 0.717) is 5.75 Å². The van der Waals surface area contributed by atoms with Crippen LogP contribution in [0.25, 0.3) is 0 Å². The van der Waals surface area contributed by atoms with Crippen molar-refractivity contribution >= 4 is 5.69 Å². The van der Waals surface area contributed by atoms with Crippen LogP contribution >= 0.6 is 0 Å². The zero-order valence-electron chi connectivity index (χ0n) is 12.8. The Labute approximate surface area is 122 Å². The fourth-order valence-corrected chi connectivity index (χ4v) is 2.37. The number of phenols is 1. The Bertz CT molecular complexity index is 403. The van der Waals surface area contributed by atoms with Gasteiger partial charge in [-0.3, -0.25) is 4.90 Å². The second-order valence-corrected chi connectivity index (χ2v) is 6.31. The minimum absolute atomic E-state index is 0.0478. The maximum atomic E-state index is 9.32. The Balaban J connectivity index is 1.74. The van der Waals surface area contributed by atoms with Crippen molar-refractivity contribution in [1.82, 2.24) is 4.90 Å².